The minimum absolute atomic E-state index is 0.207. The van der Waals surface area contributed by atoms with Crippen LogP contribution in [-0.4, -0.2) is 5.11 Å². The molecule has 0 radical (unpaired) electrons. The molecule has 0 saturated heterocycles. The molecule has 0 saturated carbocycles. The van der Waals surface area contributed by atoms with Gasteiger partial charge in [-0.15, -0.1) is 0 Å². The lowest BCUT2D eigenvalue weighted by Gasteiger charge is -2.09. The molecule has 0 atom stereocenters. The van der Waals surface area contributed by atoms with Crippen molar-refractivity contribution < 1.29 is 9.52 Å². The normalized spacial score (nSPS) is 10.7. The van der Waals surface area contributed by atoms with E-state index < -0.39 is 5.63 Å². The summed E-state index contributed by atoms with van der Waals surface area (Å²) < 4.78 is 5.15. The van der Waals surface area contributed by atoms with Crippen LogP contribution in [0.3, 0.4) is 0 Å². The molecule has 1 heterocycles. The van der Waals surface area contributed by atoms with Crippen LogP contribution in [0.25, 0.3) is 11.0 Å². The molecule has 2 aromatic carbocycles. The van der Waals surface area contributed by atoms with E-state index in [1.54, 1.807) is 42.5 Å². The quantitative estimate of drug-likeness (QED) is 0.571. The van der Waals surface area contributed by atoms with Gasteiger partial charge in [-0.05, 0) is 48.0 Å². The number of anilines is 1. The molecule has 0 aliphatic carbocycles. The summed E-state index contributed by atoms with van der Waals surface area (Å²) in [5, 5.41) is 13.8. The molecule has 4 nitrogen and oxygen atoms in total. The average Bonchev–Trinajstić information content (AvgIpc) is 2.47. The molecule has 2 N–H and O–H groups in total. The maximum Gasteiger partial charge on any atom is 0.336 e. The van der Waals surface area contributed by atoms with E-state index in [9.17, 15) is 9.90 Å². The first-order valence-electron chi connectivity index (χ1n) is 6.37. The zero-order valence-electron chi connectivity index (χ0n) is 11.0. The lowest BCUT2D eigenvalue weighted by molar-refractivity contribution is 0.475. The van der Waals surface area contributed by atoms with Crippen molar-refractivity contribution in [2.75, 3.05) is 5.32 Å². The summed E-state index contributed by atoms with van der Waals surface area (Å²) in [4.78, 5) is 11.6. The predicted octanol–water partition coefficient (Wildman–Crippen LogP) is 3.76. The van der Waals surface area contributed by atoms with E-state index in [2.05, 4.69) is 5.32 Å². The lowest BCUT2D eigenvalue weighted by Crippen LogP contribution is -2.05. The van der Waals surface area contributed by atoms with Crippen molar-refractivity contribution in [3.63, 3.8) is 0 Å². The SMILES string of the molecule is O=c1cc(CNc2ccc(O)cc2)c2cc(Cl)ccc2o1. The van der Waals surface area contributed by atoms with E-state index in [1.165, 1.54) is 6.07 Å². The molecule has 0 bridgehead atoms. The number of phenols is 1. The van der Waals surface area contributed by atoms with Crippen LogP contribution in [0.15, 0.2) is 57.7 Å². The van der Waals surface area contributed by atoms with Gasteiger partial charge in [0, 0.05) is 28.7 Å². The molecule has 0 aliphatic heterocycles. The van der Waals surface area contributed by atoms with Crippen molar-refractivity contribution in [3.05, 3.63) is 69.5 Å². The summed E-state index contributed by atoms with van der Waals surface area (Å²) in [6.45, 7) is 0.452. The van der Waals surface area contributed by atoms with E-state index in [0.29, 0.717) is 17.2 Å². The summed E-state index contributed by atoms with van der Waals surface area (Å²) in [6, 6.07) is 13.3. The summed E-state index contributed by atoms with van der Waals surface area (Å²) in [5.41, 5.74) is 1.76. The number of nitrogens with one attached hydrogen (secondary N) is 1. The van der Waals surface area contributed by atoms with Crippen molar-refractivity contribution in [3.8, 4) is 5.75 Å². The number of hydrogen-bond donors (Lipinski definition) is 2. The first-order valence-corrected chi connectivity index (χ1v) is 6.75. The molecule has 0 amide bonds. The largest absolute Gasteiger partial charge is 0.508 e. The van der Waals surface area contributed by atoms with E-state index in [-0.39, 0.29) is 5.75 Å². The van der Waals surface area contributed by atoms with E-state index >= 15 is 0 Å². The summed E-state index contributed by atoms with van der Waals surface area (Å²) in [6.07, 6.45) is 0. The molecule has 0 spiro atoms. The second-order valence-corrected chi connectivity index (χ2v) is 5.07. The summed E-state index contributed by atoms with van der Waals surface area (Å²) in [7, 11) is 0. The Morgan fingerprint density at radius 2 is 1.86 bits per heavy atom. The first kappa shape index (κ1) is 13.5. The van der Waals surface area contributed by atoms with Crippen LogP contribution < -0.4 is 10.9 Å². The highest BCUT2D eigenvalue weighted by Crippen LogP contribution is 2.22. The van der Waals surface area contributed by atoms with Crippen molar-refractivity contribution in [2.45, 2.75) is 6.54 Å². The lowest BCUT2D eigenvalue weighted by atomic mass is 10.1. The zero-order chi connectivity index (χ0) is 14.8. The van der Waals surface area contributed by atoms with Gasteiger partial charge in [0.15, 0.2) is 0 Å². The Kier molecular flexibility index (Phi) is 3.54. The second kappa shape index (κ2) is 5.50. The maximum atomic E-state index is 11.6. The van der Waals surface area contributed by atoms with Gasteiger partial charge in [-0.1, -0.05) is 11.6 Å². The number of halogens is 1. The Morgan fingerprint density at radius 3 is 2.62 bits per heavy atom. The highest BCUT2D eigenvalue weighted by atomic mass is 35.5. The molecule has 21 heavy (non-hydrogen) atoms. The third kappa shape index (κ3) is 3.01. The van der Waals surface area contributed by atoms with Crippen molar-refractivity contribution >= 4 is 28.3 Å². The molecule has 0 fully saturated rings. The van der Waals surface area contributed by atoms with E-state index in [1.807, 2.05) is 0 Å². The fraction of sp³-hybridized carbons (Fsp3) is 0.0625. The molecule has 0 aliphatic rings. The molecule has 3 aromatic rings. The molecular weight excluding hydrogens is 290 g/mol. The Morgan fingerprint density at radius 1 is 1.10 bits per heavy atom. The average molecular weight is 302 g/mol. The third-order valence-electron chi connectivity index (χ3n) is 3.14. The summed E-state index contributed by atoms with van der Waals surface area (Å²) >= 11 is 6.00. The molecule has 106 valence electrons. The fourth-order valence-corrected chi connectivity index (χ4v) is 2.29. The zero-order valence-corrected chi connectivity index (χ0v) is 11.7. The number of rotatable bonds is 3. The van der Waals surface area contributed by atoms with Gasteiger partial charge < -0.3 is 14.8 Å². The number of aromatic hydroxyl groups is 1. The maximum absolute atomic E-state index is 11.6. The van der Waals surface area contributed by atoms with E-state index in [4.69, 9.17) is 16.0 Å². The highest BCUT2D eigenvalue weighted by Gasteiger charge is 2.06. The van der Waals surface area contributed by atoms with Crippen molar-refractivity contribution in [1.29, 1.82) is 0 Å². The standard InChI is InChI=1S/C16H12ClNO3/c17-11-1-6-15-14(8-11)10(7-16(20)21-15)9-18-12-2-4-13(19)5-3-12/h1-8,18-19H,9H2. The minimum Gasteiger partial charge on any atom is -0.508 e. The molecule has 5 heteroatoms. The minimum atomic E-state index is -0.396. The van der Waals surface area contributed by atoms with E-state index in [0.717, 1.165) is 16.6 Å². The second-order valence-electron chi connectivity index (χ2n) is 4.63. The van der Waals surface area contributed by atoms with Gasteiger partial charge in [0.1, 0.15) is 11.3 Å². The van der Waals surface area contributed by atoms with Gasteiger partial charge in [0.25, 0.3) is 0 Å². The third-order valence-corrected chi connectivity index (χ3v) is 3.38. The Bertz CT molecular complexity index is 840. The monoisotopic (exact) mass is 301 g/mol. The Balaban J connectivity index is 1.94. The smallest absolute Gasteiger partial charge is 0.336 e. The van der Waals surface area contributed by atoms with Crippen LogP contribution in [0, 0.1) is 0 Å². The summed E-state index contributed by atoms with van der Waals surface area (Å²) in [5.74, 6) is 0.207. The van der Waals surface area contributed by atoms with Gasteiger partial charge in [-0.3, -0.25) is 0 Å². The number of phenolic OH excluding ortho intramolecular Hbond substituents is 1. The Hall–Kier alpha value is -2.46. The van der Waals surface area contributed by atoms with Crippen molar-refractivity contribution in [2.24, 2.45) is 0 Å². The number of hydrogen-bond acceptors (Lipinski definition) is 4. The topological polar surface area (TPSA) is 62.5 Å². The highest BCUT2D eigenvalue weighted by molar-refractivity contribution is 6.31. The van der Waals surface area contributed by atoms with Crippen LogP contribution in [0.2, 0.25) is 5.02 Å². The van der Waals surface area contributed by atoms with Crippen LogP contribution in [0.1, 0.15) is 5.56 Å². The van der Waals surface area contributed by atoms with Gasteiger partial charge in [-0.25, -0.2) is 4.79 Å². The molecular formula is C16H12ClNO3. The molecule has 3 rings (SSSR count). The van der Waals surface area contributed by atoms with Gasteiger partial charge in [-0.2, -0.15) is 0 Å². The molecule has 0 unspecified atom stereocenters. The molecule has 1 aromatic heterocycles. The van der Waals surface area contributed by atoms with Crippen LogP contribution in [0.5, 0.6) is 5.75 Å². The van der Waals surface area contributed by atoms with Crippen LogP contribution in [0.4, 0.5) is 5.69 Å². The van der Waals surface area contributed by atoms with Gasteiger partial charge >= 0.3 is 5.63 Å². The first-order chi connectivity index (χ1) is 10.1. The van der Waals surface area contributed by atoms with Crippen molar-refractivity contribution in [1.82, 2.24) is 0 Å². The fourth-order valence-electron chi connectivity index (χ4n) is 2.12. The Labute approximate surface area is 125 Å². The van der Waals surface area contributed by atoms with Gasteiger partial charge in [0.05, 0.1) is 0 Å². The predicted molar refractivity (Wildman–Crippen MR) is 82.9 cm³/mol. The number of benzene rings is 2. The van der Waals surface area contributed by atoms with Crippen LogP contribution >= 0.6 is 11.6 Å². The van der Waals surface area contributed by atoms with Crippen LogP contribution in [-0.2, 0) is 6.54 Å². The van der Waals surface area contributed by atoms with Gasteiger partial charge in [0.2, 0.25) is 0 Å². The number of fused-ring (bicyclic) bond motifs is 1.